The summed E-state index contributed by atoms with van der Waals surface area (Å²) < 4.78 is 5.77. The van der Waals surface area contributed by atoms with Crippen LogP contribution in [0.5, 0.6) is 0 Å². The quantitative estimate of drug-likeness (QED) is 0.700. The Morgan fingerprint density at radius 2 is 1.86 bits per heavy atom. The molecule has 0 spiro atoms. The molecular formula is C12H23NO. The van der Waals surface area contributed by atoms with Crippen LogP contribution in [0, 0.1) is 11.8 Å². The van der Waals surface area contributed by atoms with E-state index in [-0.39, 0.29) is 5.54 Å². The molecule has 2 heteroatoms. The fourth-order valence-electron chi connectivity index (χ4n) is 3.53. The summed E-state index contributed by atoms with van der Waals surface area (Å²) >= 11 is 0. The Bertz CT molecular complexity index is 188. The zero-order valence-corrected chi connectivity index (χ0v) is 9.46. The second kappa shape index (κ2) is 3.82. The maximum atomic E-state index is 6.52. The van der Waals surface area contributed by atoms with Crippen molar-refractivity contribution in [2.45, 2.75) is 57.6 Å². The predicted molar refractivity (Wildman–Crippen MR) is 58.1 cm³/mol. The van der Waals surface area contributed by atoms with Gasteiger partial charge in [-0.15, -0.1) is 0 Å². The van der Waals surface area contributed by atoms with Crippen molar-refractivity contribution in [3.05, 3.63) is 0 Å². The molecule has 2 N–H and O–H groups in total. The zero-order valence-electron chi connectivity index (χ0n) is 9.46. The van der Waals surface area contributed by atoms with Gasteiger partial charge in [0.15, 0.2) is 0 Å². The van der Waals surface area contributed by atoms with Gasteiger partial charge in [0.05, 0.1) is 6.10 Å². The van der Waals surface area contributed by atoms with Crippen LogP contribution in [0.4, 0.5) is 0 Å². The first-order valence-electron chi connectivity index (χ1n) is 6.00. The van der Waals surface area contributed by atoms with Gasteiger partial charge in [-0.05, 0) is 43.9 Å². The third-order valence-corrected chi connectivity index (χ3v) is 3.83. The molecule has 0 aromatic carbocycles. The lowest BCUT2D eigenvalue weighted by Gasteiger charge is -2.43. The number of hydrogen-bond donors (Lipinski definition) is 1. The molecule has 3 atom stereocenters. The second-order valence-electron chi connectivity index (χ2n) is 5.59. The van der Waals surface area contributed by atoms with Crippen molar-refractivity contribution in [2.24, 2.45) is 17.6 Å². The van der Waals surface area contributed by atoms with Crippen molar-refractivity contribution >= 4 is 0 Å². The summed E-state index contributed by atoms with van der Waals surface area (Å²) in [6, 6.07) is 0. The van der Waals surface area contributed by atoms with Crippen molar-refractivity contribution in [1.82, 2.24) is 0 Å². The number of hydrogen-bond acceptors (Lipinski definition) is 2. The first-order valence-corrected chi connectivity index (χ1v) is 6.00. The van der Waals surface area contributed by atoms with Crippen LogP contribution in [0.3, 0.4) is 0 Å². The van der Waals surface area contributed by atoms with Crippen molar-refractivity contribution in [3.8, 4) is 0 Å². The molecule has 14 heavy (non-hydrogen) atoms. The van der Waals surface area contributed by atoms with Crippen LogP contribution in [0.25, 0.3) is 0 Å². The van der Waals surface area contributed by atoms with Crippen LogP contribution in [0.1, 0.15) is 46.0 Å². The Morgan fingerprint density at radius 1 is 1.21 bits per heavy atom. The molecule has 2 nitrogen and oxygen atoms in total. The van der Waals surface area contributed by atoms with E-state index in [0.717, 1.165) is 31.3 Å². The van der Waals surface area contributed by atoms with Crippen molar-refractivity contribution < 1.29 is 4.74 Å². The van der Waals surface area contributed by atoms with Crippen LogP contribution in [-0.4, -0.2) is 18.2 Å². The average Bonchev–Trinajstić information content (AvgIpc) is 2.52. The molecule has 0 aromatic heterocycles. The molecule has 3 unspecified atom stereocenters. The maximum Gasteiger partial charge on any atom is 0.0755 e. The van der Waals surface area contributed by atoms with E-state index in [4.69, 9.17) is 10.5 Å². The van der Waals surface area contributed by atoms with Crippen LogP contribution in [-0.2, 0) is 4.74 Å². The van der Waals surface area contributed by atoms with E-state index < -0.39 is 0 Å². The van der Waals surface area contributed by atoms with Crippen LogP contribution in [0.15, 0.2) is 0 Å². The molecule has 0 bridgehead atoms. The van der Waals surface area contributed by atoms with E-state index >= 15 is 0 Å². The summed E-state index contributed by atoms with van der Waals surface area (Å²) in [5.41, 5.74) is 6.50. The highest BCUT2D eigenvalue weighted by Crippen LogP contribution is 2.39. The first kappa shape index (κ1) is 10.4. The lowest BCUT2D eigenvalue weighted by molar-refractivity contribution is 0.00749. The number of ether oxygens (including phenoxy) is 1. The summed E-state index contributed by atoms with van der Waals surface area (Å²) in [7, 11) is 0. The second-order valence-corrected chi connectivity index (χ2v) is 5.59. The van der Waals surface area contributed by atoms with Gasteiger partial charge in [0.25, 0.3) is 0 Å². The van der Waals surface area contributed by atoms with Crippen LogP contribution >= 0.6 is 0 Å². The Kier molecular flexibility index (Phi) is 2.85. The van der Waals surface area contributed by atoms with Gasteiger partial charge in [-0.3, -0.25) is 0 Å². The summed E-state index contributed by atoms with van der Waals surface area (Å²) in [4.78, 5) is 0. The summed E-state index contributed by atoms with van der Waals surface area (Å²) in [6.45, 7) is 5.57. The molecule has 1 saturated carbocycles. The topological polar surface area (TPSA) is 35.2 Å². The standard InChI is InChI=1S/C12H23NO/c1-9-6-10(2)8-12(13,7-9)11-4-3-5-14-11/h9-11H,3-8,13H2,1-2H3. The molecule has 2 rings (SSSR count). The maximum absolute atomic E-state index is 6.52. The Morgan fingerprint density at radius 3 is 2.36 bits per heavy atom. The Hall–Kier alpha value is -0.0800. The molecule has 0 amide bonds. The molecule has 2 fully saturated rings. The number of nitrogens with two attached hydrogens (primary N) is 1. The van der Waals surface area contributed by atoms with Gasteiger partial charge in [-0.25, -0.2) is 0 Å². The van der Waals surface area contributed by atoms with Crippen molar-refractivity contribution in [3.63, 3.8) is 0 Å². The molecule has 1 aliphatic heterocycles. The van der Waals surface area contributed by atoms with E-state index in [0.29, 0.717) is 6.10 Å². The fraction of sp³-hybridized carbons (Fsp3) is 1.00. The predicted octanol–water partition coefficient (Wildman–Crippen LogP) is 2.32. The third-order valence-electron chi connectivity index (χ3n) is 3.83. The third kappa shape index (κ3) is 1.96. The Balaban J connectivity index is 2.05. The highest BCUT2D eigenvalue weighted by Gasteiger charge is 2.42. The zero-order chi connectivity index (χ0) is 10.2. The van der Waals surface area contributed by atoms with Gasteiger partial charge in [-0.1, -0.05) is 13.8 Å². The minimum atomic E-state index is -0.0203. The van der Waals surface area contributed by atoms with Gasteiger partial charge in [0.2, 0.25) is 0 Å². The Labute approximate surface area is 87.2 Å². The van der Waals surface area contributed by atoms with E-state index in [1.807, 2.05) is 0 Å². The lowest BCUT2D eigenvalue weighted by atomic mass is 9.69. The van der Waals surface area contributed by atoms with Gasteiger partial charge >= 0.3 is 0 Å². The summed E-state index contributed by atoms with van der Waals surface area (Å²) in [5, 5.41) is 0. The number of rotatable bonds is 1. The lowest BCUT2D eigenvalue weighted by Crippen LogP contribution is -2.54. The monoisotopic (exact) mass is 197 g/mol. The molecule has 2 aliphatic rings. The van der Waals surface area contributed by atoms with Gasteiger partial charge in [0, 0.05) is 12.1 Å². The SMILES string of the molecule is CC1CC(C)CC(N)(C2CCCO2)C1. The molecule has 0 radical (unpaired) electrons. The molecular weight excluding hydrogens is 174 g/mol. The van der Waals surface area contributed by atoms with Gasteiger partial charge in [-0.2, -0.15) is 0 Å². The van der Waals surface area contributed by atoms with Crippen LogP contribution in [0.2, 0.25) is 0 Å². The highest BCUT2D eigenvalue weighted by molar-refractivity contribution is 4.99. The molecule has 1 aliphatic carbocycles. The first-order chi connectivity index (χ1) is 6.60. The minimum Gasteiger partial charge on any atom is -0.376 e. The highest BCUT2D eigenvalue weighted by atomic mass is 16.5. The van der Waals surface area contributed by atoms with Crippen molar-refractivity contribution in [1.29, 1.82) is 0 Å². The van der Waals surface area contributed by atoms with Gasteiger partial charge in [0.1, 0.15) is 0 Å². The fourth-order valence-corrected chi connectivity index (χ4v) is 3.53. The molecule has 0 aromatic rings. The largest absolute Gasteiger partial charge is 0.376 e. The van der Waals surface area contributed by atoms with E-state index in [1.165, 1.54) is 19.3 Å². The smallest absolute Gasteiger partial charge is 0.0755 e. The van der Waals surface area contributed by atoms with E-state index in [1.54, 1.807) is 0 Å². The minimum absolute atomic E-state index is 0.0203. The summed E-state index contributed by atoms with van der Waals surface area (Å²) in [6.07, 6.45) is 6.37. The van der Waals surface area contributed by atoms with E-state index in [2.05, 4.69) is 13.8 Å². The van der Waals surface area contributed by atoms with E-state index in [9.17, 15) is 0 Å². The van der Waals surface area contributed by atoms with Crippen LogP contribution < -0.4 is 5.73 Å². The van der Waals surface area contributed by atoms with Crippen molar-refractivity contribution in [2.75, 3.05) is 6.61 Å². The molecule has 1 heterocycles. The molecule has 82 valence electrons. The normalized spacial score (nSPS) is 49.5. The molecule has 1 saturated heterocycles. The average molecular weight is 197 g/mol. The van der Waals surface area contributed by atoms with Gasteiger partial charge < -0.3 is 10.5 Å². The summed E-state index contributed by atoms with van der Waals surface area (Å²) in [5.74, 6) is 1.54.